The minimum Gasteiger partial charge on any atom is -0.504 e. The molecule has 0 bridgehead atoms. The number of aromatic nitrogens is 1. The van der Waals surface area contributed by atoms with Crippen LogP contribution in [0.1, 0.15) is 41.6 Å². The smallest absolute Gasteiger partial charge is 0.253 e. The van der Waals surface area contributed by atoms with E-state index in [2.05, 4.69) is 9.88 Å². The van der Waals surface area contributed by atoms with E-state index in [4.69, 9.17) is 0 Å². The van der Waals surface area contributed by atoms with E-state index in [1.807, 2.05) is 11.0 Å². The van der Waals surface area contributed by atoms with Gasteiger partial charge in [-0.1, -0.05) is 12.1 Å². The molecule has 0 saturated carbocycles. The zero-order valence-corrected chi connectivity index (χ0v) is 16.0. The summed E-state index contributed by atoms with van der Waals surface area (Å²) >= 11 is 0. The van der Waals surface area contributed by atoms with Crippen molar-refractivity contribution in [1.82, 2.24) is 14.8 Å². The minimum atomic E-state index is -0.0581. The van der Waals surface area contributed by atoms with Crippen LogP contribution in [-0.4, -0.2) is 57.1 Å². The quantitative estimate of drug-likeness (QED) is 0.800. The highest BCUT2D eigenvalue weighted by atomic mass is 16.3. The summed E-state index contributed by atoms with van der Waals surface area (Å²) in [4.78, 5) is 20.9. The van der Waals surface area contributed by atoms with Crippen molar-refractivity contribution in [3.05, 3.63) is 53.9 Å². The summed E-state index contributed by atoms with van der Waals surface area (Å²) in [6, 6.07) is 8.70. The second-order valence-corrected chi connectivity index (χ2v) is 8.09. The first-order chi connectivity index (χ1) is 13.6. The van der Waals surface area contributed by atoms with Gasteiger partial charge >= 0.3 is 0 Å². The second-order valence-electron chi connectivity index (χ2n) is 8.09. The number of aromatic hydroxyl groups is 2. The number of nitrogens with zero attached hydrogens (tertiary/aromatic N) is 3. The van der Waals surface area contributed by atoms with Crippen LogP contribution >= 0.6 is 0 Å². The van der Waals surface area contributed by atoms with Crippen molar-refractivity contribution in [2.24, 2.45) is 5.41 Å². The predicted octanol–water partition coefficient (Wildman–Crippen LogP) is 3.01. The molecule has 1 aromatic carbocycles. The molecule has 0 radical (unpaired) electrons. The molecule has 0 aliphatic carbocycles. The van der Waals surface area contributed by atoms with Gasteiger partial charge in [0.1, 0.15) is 0 Å². The van der Waals surface area contributed by atoms with Crippen molar-refractivity contribution in [2.75, 3.05) is 26.2 Å². The average molecular weight is 381 g/mol. The summed E-state index contributed by atoms with van der Waals surface area (Å²) < 4.78 is 0. The van der Waals surface area contributed by atoms with Crippen LogP contribution in [0.15, 0.2) is 42.7 Å². The molecule has 2 aromatic rings. The van der Waals surface area contributed by atoms with Crippen molar-refractivity contribution in [2.45, 2.75) is 32.2 Å². The zero-order valence-electron chi connectivity index (χ0n) is 16.0. The number of hydrogen-bond donors (Lipinski definition) is 2. The molecule has 2 aliphatic heterocycles. The van der Waals surface area contributed by atoms with E-state index in [-0.39, 0.29) is 17.4 Å². The maximum Gasteiger partial charge on any atom is 0.253 e. The van der Waals surface area contributed by atoms with Gasteiger partial charge < -0.3 is 15.1 Å². The lowest BCUT2D eigenvalue weighted by atomic mass is 9.71. The summed E-state index contributed by atoms with van der Waals surface area (Å²) in [6.07, 6.45) is 7.66. The molecular formula is C22H27N3O3. The highest BCUT2D eigenvalue weighted by Gasteiger charge is 2.38. The molecule has 1 amide bonds. The van der Waals surface area contributed by atoms with Gasteiger partial charge in [-0.15, -0.1) is 0 Å². The van der Waals surface area contributed by atoms with E-state index >= 15 is 0 Å². The SMILES string of the molecule is O=C(c1ccncc1)N1CCC2(CCN(Cc3cccc(O)c3O)CC2)CC1. The third-order valence-electron chi connectivity index (χ3n) is 6.45. The Morgan fingerprint density at radius 1 is 0.964 bits per heavy atom. The molecular weight excluding hydrogens is 354 g/mol. The fraction of sp³-hybridized carbons (Fsp3) is 0.455. The number of phenols is 2. The van der Waals surface area contributed by atoms with Gasteiger partial charge in [0.05, 0.1) is 0 Å². The molecule has 1 aromatic heterocycles. The molecule has 2 fully saturated rings. The average Bonchev–Trinajstić information content (AvgIpc) is 2.74. The summed E-state index contributed by atoms with van der Waals surface area (Å²) in [5.74, 6) is 0.0389. The van der Waals surface area contributed by atoms with Crippen LogP contribution < -0.4 is 0 Å². The molecule has 148 valence electrons. The van der Waals surface area contributed by atoms with Crippen LogP contribution in [0.4, 0.5) is 0 Å². The van der Waals surface area contributed by atoms with Crippen molar-refractivity contribution >= 4 is 5.91 Å². The maximum absolute atomic E-state index is 12.6. The molecule has 4 rings (SSSR count). The number of benzene rings is 1. The molecule has 0 atom stereocenters. The van der Waals surface area contributed by atoms with Gasteiger partial charge in [-0.05, 0) is 62.4 Å². The van der Waals surface area contributed by atoms with E-state index in [0.717, 1.165) is 57.4 Å². The molecule has 3 heterocycles. The lowest BCUT2D eigenvalue weighted by Gasteiger charge is -2.47. The predicted molar refractivity (Wildman–Crippen MR) is 106 cm³/mol. The van der Waals surface area contributed by atoms with Gasteiger partial charge in [-0.2, -0.15) is 0 Å². The largest absolute Gasteiger partial charge is 0.504 e. The lowest BCUT2D eigenvalue weighted by Crippen LogP contribution is -2.48. The summed E-state index contributed by atoms with van der Waals surface area (Å²) in [7, 11) is 0. The molecule has 28 heavy (non-hydrogen) atoms. The van der Waals surface area contributed by atoms with Crippen molar-refractivity contribution in [3.63, 3.8) is 0 Å². The highest BCUT2D eigenvalue weighted by molar-refractivity contribution is 5.94. The lowest BCUT2D eigenvalue weighted by molar-refractivity contribution is 0.0283. The van der Waals surface area contributed by atoms with Crippen LogP contribution in [0, 0.1) is 5.41 Å². The monoisotopic (exact) mass is 381 g/mol. The Balaban J connectivity index is 1.31. The first-order valence-corrected chi connectivity index (χ1v) is 9.98. The van der Waals surface area contributed by atoms with Crippen LogP contribution in [0.25, 0.3) is 0 Å². The molecule has 2 aliphatic rings. The van der Waals surface area contributed by atoms with Gasteiger partial charge in [0.2, 0.25) is 0 Å². The topological polar surface area (TPSA) is 76.9 Å². The Morgan fingerprint density at radius 3 is 2.29 bits per heavy atom. The summed E-state index contributed by atoms with van der Waals surface area (Å²) in [5.41, 5.74) is 1.81. The summed E-state index contributed by atoms with van der Waals surface area (Å²) in [6.45, 7) is 4.24. The number of phenolic OH excluding ortho intramolecular Hbond substituents is 2. The van der Waals surface area contributed by atoms with E-state index in [9.17, 15) is 15.0 Å². The van der Waals surface area contributed by atoms with Gasteiger partial charge in [0.15, 0.2) is 11.5 Å². The standard InChI is InChI=1S/C22H27N3O3/c26-19-3-1-2-18(20(19)27)16-24-12-6-22(7-13-24)8-14-25(15-9-22)21(28)17-4-10-23-11-5-17/h1-5,10-11,26-27H,6-9,12-16H2. The Hall–Kier alpha value is -2.60. The number of amides is 1. The first kappa shape index (κ1) is 18.7. The number of para-hydroxylation sites is 1. The number of likely N-dealkylation sites (tertiary alicyclic amines) is 2. The van der Waals surface area contributed by atoms with Crippen molar-refractivity contribution in [3.8, 4) is 11.5 Å². The van der Waals surface area contributed by atoms with Gasteiger partial charge in [-0.3, -0.25) is 14.7 Å². The van der Waals surface area contributed by atoms with Crippen LogP contribution in [0.2, 0.25) is 0 Å². The number of pyridine rings is 1. The molecule has 1 spiro atoms. The van der Waals surface area contributed by atoms with E-state index in [1.165, 1.54) is 6.07 Å². The number of rotatable bonds is 3. The van der Waals surface area contributed by atoms with Gasteiger partial charge in [0, 0.05) is 43.2 Å². The third-order valence-corrected chi connectivity index (χ3v) is 6.45. The zero-order chi connectivity index (χ0) is 19.6. The second kappa shape index (κ2) is 7.80. The van der Waals surface area contributed by atoms with Gasteiger partial charge in [-0.25, -0.2) is 0 Å². The molecule has 6 nitrogen and oxygen atoms in total. The Bertz CT molecular complexity index is 822. The maximum atomic E-state index is 12.6. The fourth-order valence-corrected chi connectivity index (χ4v) is 4.49. The van der Waals surface area contributed by atoms with Gasteiger partial charge in [0.25, 0.3) is 5.91 Å². The minimum absolute atomic E-state index is 0.00859. The molecule has 6 heteroatoms. The van der Waals surface area contributed by atoms with Crippen molar-refractivity contribution < 1.29 is 15.0 Å². The molecule has 2 N–H and O–H groups in total. The first-order valence-electron chi connectivity index (χ1n) is 9.98. The Labute approximate surface area is 165 Å². The molecule has 2 saturated heterocycles. The summed E-state index contributed by atoms with van der Waals surface area (Å²) in [5, 5.41) is 19.7. The third kappa shape index (κ3) is 3.83. The number of hydrogen-bond acceptors (Lipinski definition) is 5. The Morgan fingerprint density at radius 2 is 1.61 bits per heavy atom. The molecule has 0 unspecified atom stereocenters. The number of carbonyl (C=O) groups is 1. The normalized spacial score (nSPS) is 19.6. The Kier molecular flexibility index (Phi) is 5.22. The van der Waals surface area contributed by atoms with E-state index in [1.54, 1.807) is 30.6 Å². The van der Waals surface area contributed by atoms with Crippen LogP contribution in [0.3, 0.4) is 0 Å². The van der Waals surface area contributed by atoms with E-state index < -0.39 is 0 Å². The van der Waals surface area contributed by atoms with Crippen LogP contribution in [-0.2, 0) is 6.54 Å². The van der Waals surface area contributed by atoms with E-state index in [0.29, 0.717) is 17.5 Å². The van der Waals surface area contributed by atoms with Crippen molar-refractivity contribution in [1.29, 1.82) is 0 Å². The van der Waals surface area contributed by atoms with Crippen LogP contribution in [0.5, 0.6) is 11.5 Å². The fourth-order valence-electron chi connectivity index (χ4n) is 4.49. The highest BCUT2D eigenvalue weighted by Crippen LogP contribution is 2.42. The number of carbonyl (C=O) groups excluding carboxylic acids is 1. The number of piperidine rings is 2.